The number of fused-ring (bicyclic) bond motifs is 2. The highest BCUT2D eigenvalue weighted by molar-refractivity contribution is 7.22. The second kappa shape index (κ2) is 10.0. The molecular formula is C34H24N2O5S. The number of amides is 1. The lowest BCUT2D eigenvalue weighted by atomic mass is 9.95. The maximum Gasteiger partial charge on any atom is 0.296 e. The van der Waals surface area contributed by atoms with Crippen molar-refractivity contribution in [2.75, 3.05) is 4.90 Å². The van der Waals surface area contributed by atoms with Crippen LogP contribution in [-0.2, 0) is 4.79 Å². The smallest absolute Gasteiger partial charge is 0.296 e. The van der Waals surface area contributed by atoms with E-state index in [1.165, 1.54) is 16.2 Å². The largest absolute Gasteiger partial charge is 0.503 e. The Hall–Kier alpha value is -5.21. The minimum absolute atomic E-state index is 0.0323. The minimum atomic E-state index is -0.973. The summed E-state index contributed by atoms with van der Waals surface area (Å²) in [5.41, 5.74) is 3.85. The molecular weight excluding hydrogens is 548 g/mol. The zero-order valence-corrected chi connectivity index (χ0v) is 23.5. The van der Waals surface area contributed by atoms with Crippen molar-refractivity contribution in [3.05, 3.63) is 131 Å². The Morgan fingerprint density at radius 2 is 1.69 bits per heavy atom. The number of thiazole rings is 1. The van der Waals surface area contributed by atoms with Gasteiger partial charge >= 0.3 is 0 Å². The third kappa shape index (κ3) is 4.33. The molecule has 42 heavy (non-hydrogen) atoms. The molecule has 0 fully saturated rings. The van der Waals surface area contributed by atoms with Gasteiger partial charge in [0.25, 0.3) is 5.91 Å². The highest BCUT2D eigenvalue weighted by Crippen LogP contribution is 2.45. The van der Waals surface area contributed by atoms with E-state index in [2.05, 4.69) is 0 Å². The van der Waals surface area contributed by atoms with Crippen molar-refractivity contribution in [1.82, 2.24) is 4.98 Å². The number of aliphatic hydroxyl groups is 1. The Labute approximate surface area is 244 Å². The first-order valence-electron chi connectivity index (χ1n) is 13.4. The maximum absolute atomic E-state index is 14.0. The highest BCUT2D eigenvalue weighted by atomic mass is 32.1. The van der Waals surface area contributed by atoms with Gasteiger partial charge in [-0.3, -0.25) is 14.5 Å². The molecule has 7 nitrogen and oxygen atoms in total. The summed E-state index contributed by atoms with van der Waals surface area (Å²) in [6.07, 6.45) is 0. The lowest BCUT2D eigenvalue weighted by Gasteiger charge is -2.24. The van der Waals surface area contributed by atoms with Gasteiger partial charge in [-0.25, -0.2) is 4.98 Å². The first-order valence-corrected chi connectivity index (χ1v) is 14.2. The molecule has 1 aliphatic rings. The number of benzene rings is 4. The van der Waals surface area contributed by atoms with E-state index in [1.54, 1.807) is 36.4 Å². The number of carbonyl (C=O) groups excluding carboxylic acids is 2. The van der Waals surface area contributed by atoms with E-state index in [0.29, 0.717) is 27.8 Å². The van der Waals surface area contributed by atoms with Crippen LogP contribution in [0.25, 0.3) is 21.2 Å². The number of aromatic nitrogens is 1. The predicted octanol–water partition coefficient (Wildman–Crippen LogP) is 8.23. The zero-order chi connectivity index (χ0) is 29.0. The summed E-state index contributed by atoms with van der Waals surface area (Å²) in [5, 5.41) is 12.4. The van der Waals surface area contributed by atoms with Gasteiger partial charge in [0.1, 0.15) is 17.1 Å². The number of anilines is 1. The third-order valence-corrected chi connectivity index (χ3v) is 8.28. The Morgan fingerprint density at radius 3 is 2.50 bits per heavy atom. The molecule has 7 rings (SSSR count). The van der Waals surface area contributed by atoms with Gasteiger partial charge in [-0.1, -0.05) is 65.9 Å². The molecule has 0 spiro atoms. The molecule has 206 valence electrons. The molecule has 0 unspecified atom stereocenters. The molecule has 4 aromatic carbocycles. The number of rotatable bonds is 6. The van der Waals surface area contributed by atoms with Crippen molar-refractivity contribution in [3.63, 3.8) is 0 Å². The van der Waals surface area contributed by atoms with Crippen LogP contribution in [-0.4, -0.2) is 21.8 Å². The Balaban J connectivity index is 1.37. The van der Waals surface area contributed by atoms with Gasteiger partial charge in [0.05, 0.1) is 21.8 Å². The summed E-state index contributed by atoms with van der Waals surface area (Å²) >= 11 is 1.34. The number of aliphatic hydroxyl groups excluding tert-OH is 1. The number of carbonyl (C=O) groups is 2. The average molecular weight is 573 g/mol. The van der Waals surface area contributed by atoms with Crippen molar-refractivity contribution >= 4 is 49.3 Å². The molecule has 1 aliphatic heterocycles. The van der Waals surface area contributed by atoms with Crippen LogP contribution in [0.3, 0.4) is 0 Å². The van der Waals surface area contributed by atoms with Crippen LogP contribution in [0.2, 0.25) is 0 Å². The van der Waals surface area contributed by atoms with Crippen LogP contribution < -0.4 is 9.64 Å². The van der Waals surface area contributed by atoms with Crippen molar-refractivity contribution in [1.29, 1.82) is 0 Å². The van der Waals surface area contributed by atoms with Crippen LogP contribution in [0, 0.1) is 13.8 Å². The van der Waals surface area contributed by atoms with E-state index >= 15 is 0 Å². The van der Waals surface area contributed by atoms with Gasteiger partial charge in [-0.2, -0.15) is 0 Å². The minimum Gasteiger partial charge on any atom is -0.503 e. The van der Waals surface area contributed by atoms with E-state index in [0.717, 1.165) is 26.7 Å². The molecule has 8 heteroatoms. The van der Waals surface area contributed by atoms with Crippen molar-refractivity contribution in [2.45, 2.75) is 19.9 Å². The molecule has 0 bridgehead atoms. The fraction of sp³-hybridized carbons (Fsp3) is 0.0882. The van der Waals surface area contributed by atoms with E-state index in [-0.39, 0.29) is 11.3 Å². The van der Waals surface area contributed by atoms with Gasteiger partial charge in [-0.15, -0.1) is 0 Å². The van der Waals surface area contributed by atoms with Crippen LogP contribution in [0.1, 0.15) is 33.3 Å². The van der Waals surface area contributed by atoms with Gasteiger partial charge < -0.3 is 14.3 Å². The second-order valence-corrected chi connectivity index (χ2v) is 11.2. The number of ketones is 1. The van der Waals surface area contributed by atoms with Gasteiger partial charge in [0, 0.05) is 5.39 Å². The maximum atomic E-state index is 14.0. The molecule has 0 saturated heterocycles. The number of nitrogens with zero attached hydrogens (tertiary/aromatic N) is 2. The standard InChI is InChI=1S/C34H24N2O5S/c1-19-15-20(2)29-27(16-19)42-34(35-29)36-30(22-10-8-13-24(17-22)40-23-11-4-3-5-12-23)28(32(38)33(36)39)31(37)26-18-21-9-6-7-14-25(21)41-26/h3-18,30,38H,1-2H3/t30-/m0/s1. The molecule has 0 saturated carbocycles. The fourth-order valence-electron chi connectivity index (χ4n) is 5.41. The Kier molecular flexibility index (Phi) is 6.13. The molecule has 2 aromatic heterocycles. The predicted molar refractivity (Wildman–Crippen MR) is 162 cm³/mol. The number of furan rings is 1. The normalized spacial score (nSPS) is 15.2. The quantitative estimate of drug-likeness (QED) is 0.202. The molecule has 6 aromatic rings. The summed E-state index contributed by atoms with van der Waals surface area (Å²) in [5.74, 6) is -0.724. The molecule has 3 heterocycles. The Morgan fingerprint density at radius 1 is 0.929 bits per heavy atom. The molecule has 0 radical (unpaired) electrons. The van der Waals surface area contributed by atoms with Gasteiger partial charge in [-0.05, 0) is 73.0 Å². The van der Waals surface area contributed by atoms with Crippen LogP contribution in [0.5, 0.6) is 11.5 Å². The van der Waals surface area contributed by atoms with Crippen molar-refractivity contribution in [3.8, 4) is 11.5 Å². The number of Topliss-reactive ketones (excluding diaryl/α,β-unsaturated/α-hetero) is 1. The molecule has 1 N–H and O–H groups in total. The molecule has 1 amide bonds. The molecule has 1 atom stereocenters. The van der Waals surface area contributed by atoms with Crippen molar-refractivity contribution < 1.29 is 23.8 Å². The average Bonchev–Trinajstić information content (AvgIpc) is 3.68. The van der Waals surface area contributed by atoms with E-state index in [9.17, 15) is 14.7 Å². The first kappa shape index (κ1) is 25.7. The lowest BCUT2D eigenvalue weighted by molar-refractivity contribution is -0.117. The summed E-state index contributed by atoms with van der Waals surface area (Å²) in [6, 6.07) is 28.4. The van der Waals surface area contributed by atoms with E-state index in [1.807, 2.05) is 74.5 Å². The number of para-hydroxylation sites is 2. The summed E-state index contributed by atoms with van der Waals surface area (Å²) in [6.45, 7) is 3.98. The number of hydrogen-bond acceptors (Lipinski definition) is 7. The monoisotopic (exact) mass is 572 g/mol. The first-order chi connectivity index (χ1) is 20.4. The number of ether oxygens (including phenoxy) is 1. The summed E-state index contributed by atoms with van der Waals surface area (Å²) in [7, 11) is 0. The third-order valence-electron chi connectivity index (χ3n) is 7.28. The van der Waals surface area contributed by atoms with Crippen LogP contribution in [0.15, 0.2) is 113 Å². The fourth-order valence-corrected chi connectivity index (χ4v) is 6.58. The Bertz CT molecular complexity index is 2020. The van der Waals surface area contributed by atoms with E-state index in [4.69, 9.17) is 14.1 Å². The highest BCUT2D eigenvalue weighted by Gasteiger charge is 2.46. The topological polar surface area (TPSA) is 92.9 Å². The van der Waals surface area contributed by atoms with Crippen molar-refractivity contribution in [2.24, 2.45) is 0 Å². The SMILES string of the molecule is Cc1cc(C)c2nc(N3C(=O)C(O)=C(C(=O)c4cc5ccccc5o4)[C@@H]3c3cccc(Oc4ccccc4)c3)sc2c1. The van der Waals surface area contributed by atoms with Crippen LogP contribution >= 0.6 is 11.3 Å². The van der Waals surface area contributed by atoms with E-state index < -0.39 is 23.5 Å². The number of hydrogen-bond donors (Lipinski definition) is 1. The van der Waals surface area contributed by atoms with Gasteiger partial charge in [0.15, 0.2) is 16.7 Å². The zero-order valence-electron chi connectivity index (χ0n) is 22.7. The summed E-state index contributed by atoms with van der Waals surface area (Å²) in [4.78, 5) is 34.0. The molecule has 0 aliphatic carbocycles. The second-order valence-electron chi connectivity index (χ2n) is 10.2. The summed E-state index contributed by atoms with van der Waals surface area (Å²) < 4.78 is 12.8. The van der Waals surface area contributed by atoms with Crippen LogP contribution in [0.4, 0.5) is 5.13 Å². The van der Waals surface area contributed by atoms with Gasteiger partial charge in [0.2, 0.25) is 5.78 Å². The lowest BCUT2D eigenvalue weighted by Crippen LogP contribution is -2.31. The number of aryl methyl sites for hydroxylation is 2.